The molecule has 1 N–H and O–H groups in total. The minimum absolute atomic E-state index is 0.414. The average molecular weight is 273 g/mol. The fourth-order valence-electron chi connectivity index (χ4n) is 2.48. The van der Waals surface area contributed by atoms with Crippen molar-refractivity contribution >= 4 is 5.69 Å². The monoisotopic (exact) mass is 273 g/mol. The van der Waals surface area contributed by atoms with Crippen molar-refractivity contribution in [1.82, 2.24) is 10.2 Å². The first-order valence-corrected chi connectivity index (χ1v) is 7.01. The molecule has 1 saturated carbocycles. The summed E-state index contributed by atoms with van der Waals surface area (Å²) in [6.45, 7) is 4.93. The van der Waals surface area contributed by atoms with Crippen molar-refractivity contribution in [2.45, 2.75) is 38.8 Å². The van der Waals surface area contributed by atoms with Crippen molar-refractivity contribution in [3.63, 3.8) is 0 Å². The zero-order valence-electron chi connectivity index (χ0n) is 11.8. The Kier molecular flexibility index (Phi) is 3.69. The Hall–Kier alpha value is -1.88. The molecule has 0 saturated heterocycles. The lowest BCUT2D eigenvalue weighted by molar-refractivity contribution is 0.00298. The molecular weight excluding hydrogens is 254 g/mol. The first-order chi connectivity index (χ1) is 9.76. The standard InChI is InChI=1S/C15H19N3O2/c1-3-19-13-7-12(8-13)17-14-6-11(5-4-10(14)2)15-18-16-9-20-15/h4-6,9,12-13,17H,3,7-8H2,1-2H3. The second kappa shape index (κ2) is 5.63. The molecule has 0 amide bonds. The Morgan fingerprint density at radius 3 is 2.95 bits per heavy atom. The third-order valence-electron chi connectivity index (χ3n) is 3.70. The van der Waals surface area contributed by atoms with Gasteiger partial charge in [-0.05, 0) is 44.4 Å². The molecule has 1 heterocycles. The van der Waals surface area contributed by atoms with E-state index in [4.69, 9.17) is 9.15 Å². The summed E-state index contributed by atoms with van der Waals surface area (Å²) >= 11 is 0. The van der Waals surface area contributed by atoms with E-state index in [2.05, 4.69) is 34.6 Å². The van der Waals surface area contributed by atoms with Crippen LogP contribution in [0, 0.1) is 6.92 Å². The maximum Gasteiger partial charge on any atom is 0.247 e. The van der Waals surface area contributed by atoms with Crippen molar-refractivity contribution in [3.8, 4) is 11.5 Å². The molecule has 1 aromatic carbocycles. The van der Waals surface area contributed by atoms with Gasteiger partial charge < -0.3 is 14.5 Å². The average Bonchev–Trinajstić information content (AvgIpc) is 2.92. The minimum Gasteiger partial charge on any atom is -0.423 e. The molecular formula is C15H19N3O2. The second-order valence-corrected chi connectivity index (χ2v) is 5.16. The summed E-state index contributed by atoms with van der Waals surface area (Å²) < 4.78 is 10.8. The van der Waals surface area contributed by atoms with Gasteiger partial charge in [0.05, 0.1) is 6.10 Å². The number of aromatic nitrogens is 2. The molecule has 0 bridgehead atoms. The number of nitrogens with zero attached hydrogens (tertiary/aromatic N) is 2. The van der Waals surface area contributed by atoms with E-state index in [1.165, 1.54) is 12.0 Å². The highest BCUT2D eigenvalue weighted by atomic mass is 16.5. The van der Waals surface area contributed by atoms with Crippen LogP contribution in [0.25, 0.3) is 11.5 Å². The molecule has 5 heteroatoms. The number of rotatable bonds is 5. The molecule has 5 nitrogen and oxygen atoms in total. The fraction of sp³-hybridized carbons (Fsp3) is 0.467. The predicted octanol–water partition coefficient (Wildman–Crippen LogP) is 3.02. The third-order valence-corrected chi connectivity index (χ3v) is 3.70. The van der Waals surface area contributed by atoms with Gasteiger partial charge in [-0.1, -0.05) is 6.07 Å². The van der Waals surface area contributed by atoms with E-state index in [1.807, 2.05) is 13.0 Å². The number of hydrogen-bond donors (Lipinski definition) is 1. The molecule has 0 unspecified atom stereocenters. The molecule has 1 aliphatic carbocycles. The van der Waals surface area contributed by atoms with Crippen LogP contribution in [0.3, 0.4) is 0 Å². The Morgan fingerprint density at radius 2 is 2.25 bits per heavy atom. The molecule has 20 heavy (non-hydrogen) atoms. The van der Waals surface area contributed by atoms with E-state index in [9.17, 15) is 0 Å². The number of benzene rings is 1. The zero-order valence-corrected chi connectivity index (χ0v) is 11.8. The van der Waals surface area contributed by atoms with E-state index in [-0.39, 0.29) is 0 Å². The highest BCUT2D eigenvalue weighted by Crippen LogP contribution is 2.30. The Morgan fingerprint density at radius 1 is 1.40 bits per heavy atom. The van der Waals surface area contributed by atoms with Gasteiger partial charge in [0.1, 0.15) is 0 Å². The van der Waals surface area contributed by atoms with Crippen LogP contribution in [0.4, 0.5) is 5.69 Å². The van der Waals surface area contributed by atoms with Crippen LogP contribution in [0.15, 0.2) is 29.0 Å². The van der Waals surface area contributed by atoms with Gasteiger partial charge in [0.25, 0.3) is 0 Å². The van der Waals surface area contributed by atoms with Crippen LogP contribution >= 0.6 is 0 Å². The molecule has 0 radical (unpaired) electrons. The van der Waals surface area contributed by atoms with Crippen molar-refractivity contribution in [2.75, 3.05) is 11.9 Å². The van der Waals surface area contributed by atoms with Crippen LogP contribution < -0.4 is 5.32 Å². The molecule has 1 aromatic heterocycles. The first-order valence-electron chi connectivity index (χ1n) is 7.01. The maximum atomic E-state index is 5.59. The molecule has 2 aromatic rings. The van der Waals surface area contributed by atoms with Crippen molar-refractivity contribution in [3.05, 3.63) is 30.2 Å². The largest absolute Gasteiger partial charge is 0.423 e. The van der Waals surface area contributed by atoms with Crippen LogP contribution in [0.2, 0.25) is 0 Å². The predicted molar refractivity (Wildman–Crippen MR) is 76.5 cm³/mol. The van der Waals surface area contributed by atoms with Gasteiger partial charge in [-0.15, -0.1) is 10.2 Å². The third kappa shape index (κ3) is 2.67. The van der Waals surface area contributed by atoms with Crippen molar-refractivity contribution in [2.24, 2.45) is 0 Å². The molecule has 0 atom stereocenters. The number of hydrogen-bond acceptors (Lipinski definition) is 5. The van der Waals surface area contributed by atoms with E-state index >= 15 is 0 Å². The van der Waals surface area contributed by atoms with Gasteiger partial charge in [0.15, 0.2) is 0 Å². The zero-order chi connectivity index (χ0) is 13.9. The summed E-state index contributed by atoms with van der Waals surface area (Å²) in [5, 5.41) is 11.2. The van der Waals surface area contributed by atoms with Gasteiger partial charge in [-0.3, -0.25) is 0 Å². The van der Waals surface area contributed by atoms with Gasteiger partial charge in [0.2, 0.25) is 12.3 Å². The quantitative estimate of drug-likeness (QED) is 0.907. The highest BCUT2D eigenvalue weighted by Gasteiger charge is 2.29. The smallest absolute Gasteiger partial charge is 0.247 e. The van der Waals surface area contributed by atoms with Crippen LogP contribution in [0.5, 0.6) is 0 Å². The lowest BCUT2D eigenvalue weighted by Crippen LogP contribution is -2.40. The molecule has 1 fully saturated rings. The van der Waals surface area contributed by atoms with E-state index < -0.39 is 0 Å². The summed E-state index contributed by atoms with van der Waals surface area (Å²) in [6, 6.07) is 6.62. The van der Waals surface area contributed by atoms with E-state index in [1.54, 1.807) is 0 Å². The number of nitrogens with one attached hydrogen (secondary N) is 1. The van der Waals surface area contributed by atoms with Crippen molar-refractivity contribution in [1.29, 1.82) is 0 Å². The topological polar surface area (TPSA) is 60.2 Å². The number of aryl methyl sites for hydroxylation is 1. The summed E-state index contributed by atoms with van der Waals surface area (Å²) in [4.78, 5) is 0. The Labute approximate surface area is 118 Å². The van der Waals surface area contributed by atoms with Gasteiger partial charge in [0, 0.05) is 23.9 Å². The van der Waals surface area contributed by atoms with E-state index in [0.717, 1.165) is 30.7 Å². The summed E-state index contributed by atoms with van der Waals surface area (Å²) in [5.74, 6) is 0.550. The van der Waals surface area contributed by atoms with Crippen LogP contribution in [-0.4, -0.2) is 29.0 Å². The Balaban J connectivity index is 1.69. The second-order valence-electron chi connectivity index (χ2n) is 5.16. The first kappa shape index (κ1) is 13.1. The normalized spacial score (nSPS) is 21.5. The minimum atomic E-state index is 0.414. The van der Waals surface area contributed by atoms with Gasteiger partial charge in [-0.25, -0.2) is 0 Å². The maximum absolute atomic E-state index is 5.59. The summed E-state index contributed by atoms with van der Waals surface area (Å²) in [5.41, 5.74) is 3.28. The Bertz CT molecular complexity index is 563. The van der Waals surface area contributed by atoms with Gasteiger partial charge in [-0.2, -0.15) is 0 Å². The van der Waals surface area contributed by atoms with Crippen LogP contribution in [0.1, 0.15) is 25.3 Å². The molecule has 106 valence electrons. The van der Waals surface area contributed by atoms with Crippen LogP contribution in [-0.2, 0) is 4.74 Å². The van der Waals surface area contributed by atoms with Crippen molar-refractivity contribution < 1.29 is 9.15 Å². The SMILES string of the molecule is CCOC1CC(Nc2cc(-c3nnco3)ccc2C)C1. The number of anilines is 1. The summed E-state index contributed by atoms with van der Waals surface area (Å²) in [7, 11) is 0. The molecule has 0 spiro atoms. The number of ether oxygens (including phenoxy) is 1. The lowest BCUT2D eigenvalue weighted by Gasteiger charge is -2.36. The molecule has 0 aliphatic heterocycles. The fourth-order valence-corrected chi connectivity index (χ4v) is 2.48. The highest BCUT2D eigenvalue weighted by molar-refractivity contribution is 5.64. The molecule has 3 rings (SSSR count). The summed E-state index contributed by atoms with van der Waals surface area (Å²) in [6.07, 6.45) is 3.90. The molecule has 1 aliphatic rings. The van der Waals surface area contributed by atoms with Gasteiger partial charge >= 0.3 is 0 Å². The van der Waals surface area contributed by atoms with E-state index in [0.29, 0.717) is 18.0 Å². The lowest BCUT2D eigenvalue weighted by atomic mass is 9.88.